The Morgan fingerprint density at radius 1 is 0.206 bits per heavy atom. The van der Waals surface area contributed by atoms with E-state index in [9.17, 15) is 0 Å². The van der Waals surface area contributed by atoms with E-state index in [1.54, 1.807) is 0 Å². The van der Waals surface area contributed by atoms with Crippen LogP contribution in [0.4, 0.5) is 0 Å². The van der Waals surface area contributed by atoms with E-state index in [-0.39, 0.29) is 10.8 Å². The van der Waals surface area contributed by atoms with Crippen LogP contribution in [0, 0.1) is 0 Å². The Hall–Kier alpha value is -7.58. The van der Waals surface area contributed by atoms with Crippen LogP contribution in [0.2, 0.25) is 0 Å². The molecule has 4 aliphatic rings. The first kappa shape index (κ1) is 34.1. The number of fused-ring (bicyclic) bond motifs is 23. The Labute approximate surface area is 370 Å². The second-order valence-corrected chi connectivity index (χ2v) is 18.7. The first-order valence-corrected chi connectivity index (χ1v) is 22.9. The van der Waals surface area contributed by atoms with Gasteiger partial charge in [-0.15, -0.1) is 11.3 Å². The molecule has 0 N–H and O–H groups in total. The maximum atomic E-state index is 2.41. The quantitative estimate of drug-likeness (QED) is 0.163. The third kappa shape index (κ3) is 3.96. The fourth-order valence-corrected chi connectivity index (χ4v) is 14.3. The molecule has 63 heavy (non-hydrogen) atoms. The second kappa shape index (κ2) is 12.1. The summed E-state index contributed by atoms with van der Waals surface area (Å²) >= 11 is 1.96. The number of hydrogen-bond acceptors (Lipinski definition) is 1. The summed E-state index contributed by atoms with van der Waals surface area (Å²) < 4.78 is 2.67. The SMILES string of the molecule is c1ccc2c(c1)-c1ccccc1C21c2ccccc2-c2c(-c3cccc4c3sc3c(-c5cccc6c5-c5ccccc5C65c6ccccc6-c6ccccc65)cccc34)cccc21. The van der Waals surface area contributed by atoms with Crippen LogP contribution in [0.5, 0.6) is 0 Å². The molecule has 1 aromatic heterocycles. The van der Waals surface area contributed by atoms with E-state index in [0.29, 0.717) is 0 Å². The summed E-state index contributed by atoms with van der Waals surface area (Å²) in [5.74, 6) is 0. The Morgan fingerprint density at radius 2 is 0.460 bits per heavy atom. The molecule has 0 aliphatic heterocycles. The molecular weight excluding hydrogens is 777 g/mol. The predicted molar refractivity (Wildman–Crippen MR) is 263 cm³/mol. The Bertz CT molecular complexity index is 3480. The summed E-state index contributed by atoms with van der Waals surface area (Å²) in [6.07, 6.45) is 0. The van der Waals surface area contributed by atoms with Crippen molar-refractivity contribution in [2.75, 3.05) is 0 Å². The first-order chi connectivity index (χ1) is 31.3. The smallest absolute Gasteiger partial charge is 0.0725 e. The zero-order valence-corrected chi connectivity index (χ0v) is 35.0. The normalized spacial score (nSPS) is 14.6. The highest BCUT2D eigenvalue weighted by Gasteiger charge is 2.53. The third-order valence-corrected chi connectivity index (χ3v) is 16.4. The van der Waals surface area contributed by atoms with Crippen molar-refractivity contribution in [3.63, 3.8) is 0 Å². The largest absolute Gasteiger partial charge is 0.134 e. The Balaban J connectivity index is 0.980. The highest BCUT2D eigenvalue weighted by Crippen LogP contribution is 2.66. The Morgan fingerprint density at radius 3 is 0.825 bits per heavy atom. The van der Waals surface area contributed by atoms with Gasteiger partial charge in [-0.1, -0.05) is 218 Å². The van der Waals surface area contributed by atoms with Crippen LogP contribution in [0.1, 0.15) is 44.5 Å². The molecule has 0 saturated carbocycles. The molecule has 11 aromatic rings. The van der Waals surface area contributed by atoms with Crippen LogP contribution < -0.4 is 0 Å². The molecule has 0 unspecified atom stereocenters. The van der Waals surface area contributed by atoms with Crippen molar-refractivity contribution < 1.29 is 0 Å². The van der Waals surface area contributed by atoms with Gasteiger partial charge in [0.1, 0.15) is 0 Å². The summed E-state index contributed by atoms with van der Waals surface area (Å²) in [5, 5.41) is 2.63. The van der Waals surface area contributed by atoms with E-state index in [2.05, 4.69) is 218 Å². The van der Waals surface area contributed by atoms with Gasteiger partial charge in [0.2, 0.25) is 0 Å². The van der Waals surface area contributed by atoms with Crippen molar-refractivity contribution in [1.29, 1.82) is 0 Å². The lowest BCUT2D eigenvalue weighted by atomic mass is 9.70. The van der Waals surface area contributed by atoms with Crippen LogP contribution in [-0.4, -0.2) is 0 Å². The summed E-state index contributed by atoms with van der Waals surface area (Å²) in [7, 11) is 0. The number of benzene rings is 10. The summed E-state index contributed by atoms with van der Waals surface area (Å²) in [6, 6.07) is 82.9. The minimum Gasteiger partial charge on any atom is -0.134 e. The Kier molecular flexibility index (Phi) is 6.53. The van der Waals surface area contributed by atoms with Crippen molar-refractivity contribution >= 4 is 31.5 Å². The van der Waals surface area contributed by atoms with E-state index < -0.39 is 0 Å². The minimum absolute atomic E-state index is 0.377. The van der Waals surface area contributed by atoms with Crippen molar-refractivity contribution in [3.8, 4) is 66.8 Å². The van der Waals surface area contributed by atoms with Gasteiger partial charge in [0.25, 0.3) is 0 Å². The zero-order valence-electron chi connectivity index (χ0n) is 34.2. The molecule has 10 aromatic carbocycles. The van der Waals surface area contributed by atoms with E-state index in [1.165, 1.54) is 131 Å². The van der Waals surface area contributed by atoms with Gasteiger partial charge >= 0.3 is 0 Å². The summed E-state index contributed by atoms with van der Waals surface area (Å²) in [5.41, 5.74) is 26.1. The molecule has 0 radical (unpaired) electrons. The molecule has 1 heterocycles. The molecule has 0 atom stereocenters. The average Bonchev–Trinajstić information content (AvgIpc) is 4.13. The lowest BCUT2D eigenvalue weighted by molar-refractivity contribution is 0.794. The monoisotopic (exact) mass is 812 g/mol. The molecule has 4 aliphatic carbocycles. The van der Waals surface area contributed by atoms with Gasteiger partial charge in [0.05, 0.1) is 10.8 Å². The summed E-state index contributed by atoms with van der Waals surface area (Å²) in [4.78, 5) is 0. The average molecular weight is 813 g/mol. The fourth-order valence-electron chi connectivity index (χ4n) is 13.0. The van der Waals surface area contributed by atoms with Crippen molar-refractivity contribution in [2.45, 2.75) is 10.8 Å². The molecule has 0 amide bonds. The van der Waals surface area contributed by atoms with E-state index in [1.807, 2.05) is 11.3 Å². The molecule has 0 nitrogen and oxygen atoms in total. The van der Waals surface area contributed by atoms with Gasteiger partial charge in [-0.25, -0.2) is 0 Å². The topological polar surface area (TPSA) is 0 Å². The number of rotatable bonds is 2. The van der Waals surface area contributed by atoms with E-state index in [4.69, 9.17) is 0 Å². The maximum absolute atomic E-state index is 2.41. The van der Waals surface area contributed by atoms with Crippen LogP contribution in [0.25, 0.3) is 86.9 Å². The number of hydrogen-bond donors (Lipinski definition) is 0. The van der Waals surface area contributed by atoms with Crippen LogP contribution >= 0.6 is 11.3 Å². The highest BCUT2D eigenvalue weighted by molar-refractivity contribution is 7.26. The molecule has 2 spiro atoms. The van der Waals surface area contributed by atoms with E-state index in [0.717, 1.165) is 0 Å². The van der Waals surface area contributed by atoms with Crippen molar-refractivity contribution in [2.24, 2.45) is 0 Å². The van der Waals surface area contributed by atoms with Crippen LogP contribution in [-0.2, 0) is 10.8 Å². The van der Waals surface area contributed by atoms with Crippen LogP contribution in [0.15, 0.2) is 218 Å². The highest BCUT2D eigenvalue weighted by atomic mass is 32.1. The van der Waals surface area contributed by atoms with Gasteiger partial charge in [-0.3, -0.25) is 0 Å². The third-order valence-electron chi connectivity index (χ3n) is 15.1. The second-order valence-electron chi connectivity index (χ2n) is 17.7. The van der Waals surface area contributed by atoms with E-state index >= 15 is 0 Å². The zero-order chi connectivity index (χ0) is 41.0. The van der Waals surface area contributed by atoms with Gasteiger partial charge in [0.15, 0.2) is 0 Å². The standard InChI is InChI=1S/C62H36S/c1-7-29-49-37(17-1)38-18-2-8-30-50(38)61(49)53-33-11-5-21-47(53)57-41(23-15-35-55(57)61)43-25-13-27-45-46-28-14-26-44(60(46)63-59(43)45)42-24-16-36-56-58(42)48-22-6-12-34-54(48)62(56)51-31-9-3-19-39(51)40-20-4-10-32-52(40)62/h1-36H. The molecule has 0 bridgehead atoms. The van der Waals surface area contributed by atoms with Gasteiger partial charge in [0, 0.05) is 31.3 Å². The van der Waals surface area contributed by atoms with Crippen LogP contribution in [0.3, 0.4) is 0 Å². The lowest BCUT2D eigenvalue weighted by Crippen LogP contribution is -2.25. The molecule has 0 fully saturated rings. The lowest BCUT2D eigenvalue weighted by Gasteiger charge is -2.30. The van der Waals surface area contributed by atoms with Crippen molar-refractivity contribution in [1.82, 2.24) is 0 Å². The fraction of sp³-hybridized carbons (Fsp3) is 0.0323. The number of thiophene rings is 1. The maximum Gasteiger partial charge on any atom is 0.0725 e. The molecule has 1 heteroatoms. The summed E-state index contributed by atoms with van der Waals surface area (Å²) in [6.45, 7) is 0. The molecular formula is C62H36S. The first-order valence-electron chi connectivity index (χ1n) is 22.1. The van der Waals surface area contributed by atoms with Gasteiger partial charge < -0.3 is 0 Å². The van der Waals surface area contributed by atoms with Gasteiger partial charge in [-0.05, 0) is 100 Å². The predicted octanol–water partition coefficient (Wildman–Crippen LogP) is 16.1. The van der Waals surface area contributed by atoms with Gasteiger partial charge in [-0.2, -0.15) is 0 Å². The minimum atomic E-state index is -0.377. The van der Waals surface area contributed by atoms with Crippen molar-refractivity contribution in [3.05, 3.63) is 263 Å². The molecule has 15 rings (SSSR count). The molecule has 0 saturated heterocycles. The molecule has 290 valence electrons.